The number of hydrogen-bond acceptors (Lipinski definition) is 3. The van der Waals surface area contributed by atoms with Crippen molar-refractivity contribution in [3.8, 4) is 0 Å². The molecule has 1 fully saturated rings. The molecule has 2 amide bonds. The Kier molecular flexibility index (Phi) is 5.00. The molecule has 0 aromatic carbocycles. The average molecular weight is 296 g/mol. The number of nitrogens with zero attached hydrogens (tertiary/aromatic N) is 1. The smallest absolute Gasteiger partial charge is 0.326 e. The molecule has 0 radical (unpaired) electrons. The van der Waals surface area contributed by atoms with Gasteiger partial charge in [-0.05, 0) is 41.1 Å². The van der Waals surface area contributed by atoms with Crippen LogP contribution in [0.3, 0.4) is 0 Å². The van der Waals surface area contributed by atoms with Gasteiger partial charge in [-0.1, -0.05) is 13.3 Å². The maximum absolute atomic E-state index is 12.2. The molecule has 2 heterocycles. The highest BCUT2D eigenvalue weighted by atomic mass is 32.1. The summed E-state index contributed by atoms with van der Waals surface area (Å²) in [6.45, 7) is 3.03. The Hall–Kier alpha value is -1.56. The highest BCUT2D eigenvalue weighted by Crippen LogP contribution is 2.25. The van der Waals surface area contributed by atoms with Crippen LogP contribution in [0, 0.1) is 5.92 Å². The van der Waals surface area contributed by atoms with E-state index in [1.165, 1.54) is 4.90 Å². The standard InChI is InChI=1S/C14H20N2O3S/c1-2-10-3-5-16(12(7-10)13(17)18)14(19)15-8-11-4-6-20-9-11/h4,6,9-10,12H,2-3,5,7-8H2,1H3,(H,15,19)(H,17,18). The van der Waals surface area contributed by atoms with Gasteiger partial charge in [-0.25, -0.2) is 9.59 Å². The van der Waals surface area contributed by atoms with Crippen LogP contribution >= 0.6 is 11.3 Å². The summed E-state index contributed by atoms with van der Waals surface area (Å²) in [6.07, 6.45) is 2.40. The Bertz CT molecular complexity index is 461. The van der Waals surface area contributed by atoms with Crippen LogP contribution in [0.1, 0.15) is 31.7 Å². The molecule has 110 valence electrons. The largest absolute Gasteiger partial charge is 0.480 e. The molecule has 2 atom stereocenters. The number of rotatable bonds is 4. The first-order valence-electron chi connectivity index (χ1n) is 6.90. The number of amides is 2. The van der Waals surface area contributed by atoms with E-state index in [1.807, 2.05) is 16.8 Å². The van der Waals surface area contributed by atoms with E-state index in [-0.39, 0.29) is 6.03 Å². The van der Waals surface area contributed by atoms with E-state index < -0.39 is 12.0 Å². The number of carbonyl (C=O) groups excluding carboxylic acids is 1. The van der Waals surface area contributed by atoms with Crippen molar-refractivity contribution in [2.24, 2.45) is 5.92 Å². The lowest BCUT2D eigenvalue weighted by atomic mass is 9.89. The highest BCUT2D eigenvalue weighted by Gasteiger charge is 2.35. The van der Waals surface area contributed by atoms with Gasteiger partial charge >= 0.3 is 12.0 Å². The van der Waals surface area contributed by atoms with Crippen molar-refractivity contribution in [3.05, 3.63) is 22.4 Å². The molecular formula is C14H20N2O3S. The van der Waals surface area contributed by atoms with Gasteiger partial charge in [0.05, 0.1) is 0 Å². The van der Waals surface area contributed by atoms with E-state index in [9.17, 15) is 14.7 Å². The molecule has 0 bridgehead atoms. The summed E-state index contributed by atoms with van der Waals surface area (Å²) in [4.78, 5) is 25.0. The molecule has 1 aromatic heterocycles. The van der Waals surface area contributed by atoms with Gasteiger partial charge in [0.1, 0.15) is 6.04 Å². The zero-order chi connectivity index (χ0) is 14.5. The first-order valence-corrected chi connectivity index (χ1v) is 7.84. The van der Waals surface area contributed by atoms with Crippen LogP contribution in [0.4, 0.5) is 4.79 Å². The summed E-state index contributed by atoms with van der Waals surface area (Å²) in [7, 11) is 0. The van der Waals surface area contributed by atoms with Crippen molar-refractivity contribution in [2.45, 2.75) is 38.8 Å². The van der Waals surface area contributed by atoms with Crippen LogP contribution < -0.4 is 5.32 Å². The number of thiophene rings is 1. The Morgan fingerprint density at radius 3 is 2.95 bits per heavy atom. The molecule has 6 heteroatoms. The number of nitrogens with one attached hydrogen (secondary N) is 1. The number of urea groups is 1. The molecule has 2 rings (SSSR count). The summed E-state index contributed by atoms with van der Waals surface area (Å²) in [5.74, 6) is -0.508. The van der Waals surface area contributed by atoms with Gasteiger partial charge in [-0.15, -0.1) is 0 Å². The molecule has 2 unspecified atom stereocenters. The highest BCUT2D eigenvalue weighted by molar-refractivity contribution is 7.07. The van der Waals surface area contributed by atoms with Crippen LogP contribution in [0.5, 0.6) is 0 Å². The number of carboxylic acid groups (broad SMARTS) is 1. The predicted molar refractivity (Wildman–Crippen MR) is 77.7 cm³/mol. The first kappa shape index (κ1) is 14.8. The van der Waals surface area contributed by atoms with E-state index in [0.717, 1.165) is 18.4 Å². The lowest BCUT2D eigenvalue weighted by molar-refractivity contribution is -0.144. The lowest BCUT2D eigenvalue weighted by Gasteiger charge is -2.36. The zero-order valence-electron chi connectivity index (χ0n) is 11.5. The fourth-order valence-electron chi connectivity index (χ4n) is 2.56. The van der Waals surface area contributed by atoms with Crippen LogP contribution in [0.2, 0.25) is 0 Å². The van der Waals surface area contributed by atoms with Crippen molar-refractivity contribution in [1.82, 2.24) is 10.2 Å². The number of likely N-dealkylation sites (tertiary alicyclic amines) is 1. The van der Waals surface area contributed by atoms with Crippen LogP contribution in [0.25, 0.3) is 0 Å². The van der Waals surface area contributed by atoms with E-state index in [2.05, 4.69) is 12.2 Å². The lowest BCUT2D eigenvalue weighted by Crippen LogP contribution is -2.53. The minimum Gasteiger partial charge on any atom is -0.480 e. The Labute approximate surface area is 122 Å². The molecule has 0 spiro atoms. The molecular weight excluding hydrogens is 276 g/mol. The number of hydrogen-bond donors (Lipinski definition) is 2. The fraction of sp³-hybridized carbons (Fsp3) is 0.571. The second-order valence-electron chi connectivity index (χ2n) is 5.14. The number of carboxylic acids is 1. The zero-order valence-corrected chi connectivity index (χ0v) is 12.4. The van der Waals surface area contributed by atoms with Crippen molar-refractivity contribution in [2.75, 3.05) is 6.54 Å². The van der Waals surface area contributed by atoms with Crippen LogP contribution in [-0.4, -0.2) is 34.6 Å². The van der Waals surface area contributed by atoms with Gasteiger partial charge in [-0.2, -0.15) is 11.3 Å². The second kappa shape index (κ2) is 6.74. The first-order chi connectivity index (χ1) is 9.61. The summed E-state index contributed by atoms with van der Waals surface area (Å²) in [6, 6.07) is 0.970. The van der Waals surface area contributed by atoms with Crippen molar-refractivity contribution >= 4 is 23.3 Å². The minimum atomic E-state index is -0.908. The minimum absolute atomic E-state index is 0.279. The topological polar surface area (TPSA) is 69.6 Å². The van der Waals surface area contributed by atoms with Gasteiger partial charge < -0.3 is 15.3 Å². The molecule has 2 N–H and O–H groups in total. The number of piperidine rings is 1. The SMILES string of the molecule is CCC1CCN(C(=O)NCc2ccsc2)C(C(=O)O)C1. The summed E-state index contributed by atoms with van der Waals surface area (Å²) in [5.41, 5.74) is 1.04. The third-order valence-electron chi connectivity index (χ3n) is 3.86. The average Bonchev–Trinajstić information content (AvgIpc) is 2.97. The Morgan fingerprint density at radius 2 is 2.35 bits per heavy atom. The Morgan fingerprint density at radius 1 is 1.55 bits per heavy atom. The maximum atomic E-state index is 12.2. The molecule has 5 nitrogen and oxygen atoms in total. The van der Waals surface area contributed by atoms with Crippen LogP contribution in [-0.2, 0) is 11.3 Å². The van der Waals surface area contributed by atoms with Crippen LogP contribution in [0.15, 0.2) is 16.8 Å². The molecule has 0 aliphatic carbocycles. The molecule has 1 aromatic rings. The van der Waals surface area contributed by atoms with Gasteiger partial charge in [0.15, 0.2) is 0 Å². The molecule has 1 saturated heterocycles. The van der Waals surface area contributed by atoms with Gasteiger partial charge in [0, 0.05) is 13.1 Å². The second-order valence-corrected chi connectivity index (χ2v) is 5.92. The molecule has 0 saturated carbocycles. The van der Waals surface area contributed by atoms with Gasteiger partial charge in [0.2, 0.25) is 0 Å². The van der Waals surface area contributed by atoms with Crippen molar-refractivity contribution in [3.63, 3.8) is 0 Å². The van der Waals surface area contributed by atoms with Gasteiger partial charge in [0.25, 0.3) is 0 Å². The normalized spacial score (nSPS) is 22.6. The molecule has 1 aliphatic heterocycles. The van der Waals surface area contributed by atoms with Crippen molar-refractivity contribution < 1.29 is 14.7 Å². The summed E-state index contributed by atoms with van der Waals surface area (Å²) in [5, 5.41) is 16.0. The maximum Gasteiger partial charge on any atom is 0.326 e. The monoisotopic (exact) mass is 296 g/mol. The summed E-state index contributed by atoms with van der Waals surface area (Å²) >= 11 is 1.58. The third-order valence-corrected chi connectivity index (χ3v) is 4.59. The molecule has 20 heavy (non-hydrogen) atoms. The fourth-order valence-corrected chi connectivity index (χ4v) is 3.23. The van der Waals surface area contributed by atoms with E-state index >= 15 is 0 Å². The van der Waals surface area contributed by atoms with Crippen molar-refractivity contribution in [1.29, 1.82) is 0 Å². The third kappa shape index (κ3) is 3.50. The van der Waals surface area contributed by atoms with E-state index in [0.29, 0.717) is 25.4 Å². The molecule has 1 aliphatic rings. The number of carbonyl (C=O) groups is 2. The quantitative estimate of drug-likeness (QED) is 0.897. The predicted octanol–water partition coefficient (Wildman–Crippen LogP) is 2.53. The van der Waals surface area contributed by atoms with E-state index in [1.54, 1.807) is 11.3 Å². The number of aliphatic carboxylic acids is 1. The summed E-state index contributed by atoms with van der Waals surface area (Å²) < 4.78 is 0. The van der Waals surface area contributed by atoms with Gasteiger partial charge in [-0.3, -0.25) is 0 Å². The Balaban J connectivity index is 1.94. The van der Waals surface area contributed by atoms with E-state index in [4.69, 9.17) is 0 Å².